The lowest BCUT2D eigenvalue weighted by Crippen LogP contribution is -2.42. The summed E-state index contributed by atoms with van der Waals surface area (Å²) in [4.78, 5) is 22.4. The SMILES string of the molecule is CCOC(=O)C(F)(F)[C@H](N)c1c(C(=O)O)ccc(C)c1O. The number of aromatic hydroxyl groups is 1. The minimum Gasteiger partial charge on any atom is -0.507 e. The number of aryl methyl sites for hydroxylation is 1. The third kappa shape index (κ3) is 3.10. The van der Waals surface area contributed by atoms with Crippen LogP contribution in [0.5, 0.6) is 5.75 Å². The van der Waals surface area contributed by atoms with E-state index in [0.29, 0.717) is 0 Å². The van der Waals surface area contributed by atoms with Crippen LogP contribution in [0, 0.1) is 6.92 Å². The van der Waals surface area contributed by atoms with Crippen molar-refractivity contribution < 1.29 is 33.3 Å². The molecule has 1 rings (SSSR count). The molecule has 0 spiro atoms. The number of carboxylic acids is 1. The number of alkyl halides is 2. The Morgan fingerprint density at radius 1 is 1.43 bits per heavy atom. The second-order valence-electron chi connectivity index (χ2n) is 4.32. The zero-order valence-corrected chi connectivity index (χ0v) is 11.4. The number of phenolic OH excluding ortho intramolecular Hbond substituents is 1. The van der Waals surface area contributed by atoms with Gasteiger partial charge in [-0.2, -0.15) is 8.78 Å². The third-order valence-electron chi connectivity index (χ3n) is 2.90. The highest BCUT2D eigenvalue weighted by Gasteiger charge is 2.49. The van der Waals surface area contributed by atoms with Gasteiger partial charge in [0.05, 0.1) is 12.2 Å². The molecular formula is C13H15F2NO5. The number of carbonyl (C=O) groups excluding carboxylic acids is 1. The summed E-state index contributed by atoms with van der Waals surface area (Å²) in [6, 6.07) is -0.0618. The predicted octanol–water partition coefficient (Wildman–Crippen LogP) is 1.60. The van der Waals surface area contributed by atoms with Crippen molar-refractivity contribution in [2.45, 2.75) is 25.8 Å². The van der Waals surface area contributed by atoms with Crippen LogP contribution in [0.3, 0.4) is 0 Å². The minimum absolute atomic E-state index is 0.158. The van der Waals surface area contributed by atoms with E-state index in [1.807, 2.05) is 0 Å². The lowest BCUT2D eigenvalue weighted by molar-refractivity contribution is -0.174. The van der Waals surface area contributed by atoms with Crippen molar-refractivity contribution in [1.29, 1.82) is 0 Å². The van der Waals surface area contributed by atoms with Crippen molar-refractivity contribution in [1.82, 2.24) is 0 Å². The first-order valence-corrected chi connectivity index (χ1v) is 6.00. The Morgan fingerprint density at radius 2 is 2.00 bits per heavy atom. The average Bonchev–Trinajstić information content (AvgIpc) is 2.40. The molecule has 8 heteroatoms. The largest absolute Gasteiger partial charge is 0.507 e. The highest BCUT2D eigenvalue weighted by Crippen LogP contribution is 2.38. The number of ether oxygens (including phenoxy) is 1. The molecule has 0 aliphatic carbocycles. The maximum Gasteiger partial charge on any atom is 0.379 e. The minimum atomic E-state index is -4.18. The Balaban J connectivity index is 3.41. The number of phenols is 1. The molecule has 1 atom stereocenters. The lowest BCUT2D eigenvalue weighted by atomic mass is 9.93. The van der Waals surface area contributed by atoms with E-state index in [0.717, 1.165) is 6.07 Å². The number of aromatic carboxylic acids is 1. The van der Waals surface area contributed by atoms with Gasteiger partial charge in [-0.15, -0.1) is 0 Å². The molecule has 0 saturated heterocycles. The molecular weight excluding hydrogens is 288 g/mol. The van der Waals surface area contributed by atoms with Gasteiger partial charge in [0.2, 0.25) is 0 Å². The van der Waals surface area contributed by atoms with E-state index < -0.39 is 40.8 Å². The molecule has 4 N–H and O–H groups in total. The number of halogens is 2. The summed E-state index contributed by atoms with van der Waals surface area (Å²) in [7, 11) is 0. The van der Waals surface area contributed by atoms with Crippen LogP contribution in [-0.2, 0) is 9.53 Å². The second kappa shape index (κ2) is 6.04. The van der Waals surface area contributed by atoms with Crippen LogP contribution in [0.25, 0.3) is 0 Å². The van der Waals surface area contributed by atoms with Gasteiger partial charge < -0.3 is 20.7 Å². The quantitative estimate of drug-likeness (QED) is 0.713. The first kappa shape index (κ1) is 16.8. The van der Waals surface area contributed by atoms with Gasteiger partial charge in [0.1, 0.15) is 11.8 Å². The number of carboxylic acid groups (broad SMARTS) is 1. The van der Waals surface area contributed by atoms with Crippen LogP contribution in [0.15, 0.2) is 12.1 Å². The smallest absolute Gasteiger partial charge is 0.379 e. The van der Waals surface area contributed by atoms with Gasteiger partial charge in [0.25, 0.3) is 0 Å². The molecule has 6 nitrogen and oxygen atoms in total. The monoisotopic (exact) mass is 303 g/mol. The molecule has 0 aliphatic heterocycles. The van der Waals surface area contributed by atoms with Gasteiger partial charge in [0, 0.05) is 5.56 Å². The Kier molecular flexibility index (Phi) is 4.84. The number of hydrogen-bond donors (Lipinski definition) is 3. The molecule has 0 bridgehead atoms. The first-order valence-electron chi connectivity index (χ1n) is 6.00. The van der Waals surface area contributed by atoms with Crippen LogP contribution in [0.4, 0.5) is 8.78 Å². The summed E-state index contributed by atoms with van der Waals surface area (Å²) in [6.07, 6.45) is 0. The van der Waals surface area contributed by atoms with Crippen molar-refractivity contribution >= 4 is 11.9 Å². The first-order chi connectivity index (χ1) is 9.64. The van der Waals surface area contributed by atoms with Crippen LogP contribution in [0.2, 0.25) is 0 Å². The zero-order chi connectivity index (χ0) is 16.4. The van der Waals surface area contributed by atoms with Crippen LogP contribution in [0.1, 0.15) is 34.5 Å². The van der Waals surface area contributed by atoms with E-state index in [9.17, 15) is 23.5 Å². The number of benzene rings is 1. The Hall–Kier alpha value is -2.22. The third-order valence-corrected chi connectivity index (χ3v) is 2.90. The number of esters is 1. The molecule has 0 amide bonds. The molecule has 1 aromatic rings. The van der Waals surface area contributed by atoms with Crippen molar-refractivity contribution in [3.63, 3.8) is 0 Å². The molecule has 0 radical (unpaired) electrons. The lowest BCUT2D eigenvalue weighted by Gasteiger charge is -2.24. The van der Waals surface area contributed by atoms with Gasteiger partial charge in [0.15, 0.2) is 0 Å². The average molecular weight is 303 g/mol. The van der Waals surface area contributed by atoms with E-state index >= 15 is 0 Å². The van der Waals surface area contributed by atoms with E-state index in [1.165, 1.54) is 19.9 Å². The van der Waals surface area contributed by atoms with Gasteiger partial charge in [-0.05, 0) is 25.5 Å². The maximum absolute atomic E-state index is 13.9. The summed E-state index contributed by atoms with van der Waals surface area (Å²) in [5.41, 5.74) is 4.19. The standard InChI is InChI=1S/C13H15F2NO5/c1-3-21-12(20)13(14,15)10(16)8-7(11(18)19)5-4-6(2)9(8)17/h4-5,10,17H,3,16H2,1-2H3,(H,18,19)/t10-/m1/s1. The molecule has 0 fully saturated rings. The Labute approximate surface area is 119 Å². The topological polar surface area (TPSA) is 110 Å². The van der Waals surface area contributed by atoms with Gasteiger partial charge in [-0.3, -0.25) is 0 Å². The molecule has 0 aromatic heterocycles. The van der Waals surface area contributed by atoms with Gasteiger partial charge >= 0.3 is 17.9 Å². The van der Waals surface area contributed by atoms with E-state index in [2.05, 4.69) is 4.74 Å². The van der Waals surface area contributed by atoms with Gasteiger partial charge in [-0.25, -0.2) is 9.59 Å². The van der Waals surface area contributed by atoms with E-state index in [1.54, 1.807) is 0 Å². The molecule has 0 aliphatic rings. The Morgan fingerprint density at radius 3 is 2.48 bits per heavy atom. The highest BCUT2D eigenvalue weighted by molar-refractivity contribution is 5.91. The highest BCUT2D eigenvalue weighted by atomic mass is 19.3. The summed E-state index contributed by atoms with van der Waals surface area (Å²) < 4.78 is 32.1. The van der Waals surface area contributed by atoms with E-state index in [4.69, 9.17) is 10.8 Å². The fraction of sp³-hybridized carbons (Fsp3) is 0.385. The molecule has 0 unspecified atom stereocenters. The summed E-state index contributed by atoms with van der Waals surface area (Å²) in [5.74, 6) is -8.29. The fourth-order valence-corrected chi connectivity index (χ4v) is 1.75. The van der Waals surface area contributed by atoms with Crippen molar-refractivity contribution in [3.05, 3.63) is 28.8 Å². The van der Waals surface area contributed by atoms with Crippen LogP contribution >= 0.6 is 0 Å². The predicted molar refractivity (Wildman–Crippen MR) is 68.3 cm³/mol. The number of hydrogen-bond acceptors (Lipinski definition) is 5. The summed E-state index contributed by atoms with van der Waals surface area (Å²) in [5, 5.41) is 18.9. The molecule has 0 saturated carbocycles. The van der Waals surface area contributed by atoms with Crippen molar-refractivity contribution in [2.75, 3.05) is 6.61 Å². The van der Waals surface area contributed by atoms with Crippen LogP contribution in [-0.4, -0.2) is 34.7 Å². The normalized spacial score (nSPS) is 12.8. The maximum atomic E-state index is 13.9. The fourth-order valence-electron chi connectivity index (χ4n) is 1.75. The molecule has 21 heavy (non-hydrogen) atoms. The number of carbonyl (C=O) groups is 2. The number of nitrogens with two attached hydrogens (primary N) is 1. The van der Waals surface area contributed by atoms with Crippen LogP contribution < -0.4 is 5.73 Å². The number of rotatable bonds is 5. The van der Waals surface area contributed by atoms with E-state index in [-0.39, 0.29) is 12.2 Å². The Bertz CT molecular complexity index is 574. The second-order valence-corrected chi connectivity index (χ2v) is 4.32. The molecule has 0 heterocycles. The zero-order valence-electron chi connectivity index (χ0n) is 11.4. The summed E-state index contributed by atoms with van der Waals surface area (Å²) in [6.45, 7) is 2.44. The molecule has 1 aromatic carbocycles. The van der Waals surface area contributed by atoms with Crippen molar-refractivity contribution in [3.8, 4) is 5.75 Å². The summed E-state index contributed by atoms with van der Waals surface area (Å²) >= 11 is 0. The van der Waals surface area contributed by atoms with Gasteiger partial charge in [-0.1, -0.05) is 6.07 Å². The van der Waals surface area contributed by atoms with Crippen molar-refractivity contribution in [2.24, 2.45) is 5.73 Å². The molecule has 116 valence electrons.